The highest BCUT2D eigenvalue weighted by Gasteiger charge is 2.38. The molecule has 3 N–H and O–H groups in total. The van der Waals surface area contributed by atoms with Crippen LogP contribution in [-0.4, -0.2) is 52.2 Å². The van der Waals surface area contributed by atoms with E-state index in [2.05, 4.69) is 11.4 Å². The van der Waals surface area contributed by atoms with E-state index in [1.165, 1.54) is 0 Å². The van der Waals surface area contributed by atoms with Crippen molar-refractivity contribution in [2.75, 3.05) is 11.6 Å². The van der Waals surface area contributed by atoms with Crippen molar-refractivity contribution in [1.82, 2.24) is 5.32 Å². The van der Waals surface area contributed by atoms with Crippen molar-refractivity contribution in [3.05, 3.63) is 0 Å². The summed E-state index contributed by atoms with van der Waals surface area (Å²) < 4.78 is 63.5. The van der Waals surface area contributed by atoms with E-state index in [1.807, 2.05) is 0 Å². The molecule has 0 radical (unpaired) electrons. The maximum absolute atomic E-state index is 10.6. The molecule has 1 saturated heterocycles. The molecule has 1 fully saturated rings. The molecule has 0 spiro atoms. The van der Waals surface area contributed by atoms with Crippen molar-refractivity contribution in [3.8, 4) is 6.07 Å². The van der Waals surface area contributed by atoms with Crippen LogP contribution in [0.25, 0.3) is 0 Å². The second kappa shape index (κ2) is 9.29. The van der Waals surface area contributed by atoms with E-state index in [-0.39, 0.29) is 6.04 Å². The number of carboxylic acids is 2. The standard InChI is InChI=1S/C4H6N2S.2C2HF3O2/c5-1-4-2-7-3-6-4;2*3-2(4,5)1(6)7/h4,6H,2-3H2;2*(H,6,7). The zero-order chi connectivity index (χ0) is 17.3. The highest BCUT2D eigenvalue weighted by atomic mass is 32.2. The number of carboxylic acid groups (broad SMARTS) is 2. The van der Waals surface area contributed by atoms with Crippen molar-refractivity contribution < 1.29 is 46.1 Å². The van der Waals surface area contributed by atoms with Gasteiger partial charge in [-0.1, -0.05) is 0 Å². The third-order valence-corrected chi connectivity index (χ3v) is 2.30. The van der Waals surface area contributed by atoms with Crippen LogP contribution < -0.4 is 5.32 Å². The number of rotatable bonds is 0. The lowest BCUT2D eigenvalue weighted by atomic mass is 10.4. The van der Waals surface area contributed by atoms with Gasteiger partial charge in [-0.25, -0.2) is 9.59 Å². The van der Waals surface area contributed by atoms with Gasteiger partial charge in [0.15, 0.2) is 0 Å². The Kier molecular flexibility index (Phi) is 9.56. The van der Waals surface area contributed by atoms with Gasteiger partial charge < -0.3 is 10.2 Å². The van der Waals surface area contributed by atoms with Crippen molar-refractivity contribution in [2.45, 2.75) is 18.4 Å². The van der Waals surface area contributed by atoms with Gasteiger partial charge in [-0.3, -0.25) is 5.32 Å². The van der Waals surface area contributed by atoms with Crippen LogP contribution in [0, 0.1) is 11.3 Å². The minimum atomic E-state index is -5.08. The Hall–Kier alpha value is -1.68. The van der Waals surface area contributed by atoms with E-state index < -0.39 is 24.3 Å². The maximum atomic E-state index is 10.6. The summed E-state index contributed by atoms with van der Waals surface area (Å²) in [6.07, 6.45) is -10.2. The van der Waals surface area contributed by atoms with Gasteiger partial charge in [-0.05, 0) is 0 Å². The molecule has 21 heavy (non-hydrogen) atoms. The normalized spacial score (nSPS) is 17.5. The molecule has 1 rings (SSSR count). The summed E-state index contributed by atoms with van der Waals surface area (Å²) in [4.78, 5) is 17.8. The van der Waals surface area contributed by atoms with Crippen molar-refractivity contribution >= 4 is 23.7 Å². The van der Waals surface area contributed by atoms with E-state index in [9.17, 15) is 26.3 Å². The van der Waals surface area contributed by atoms with Crippen LogP contribution in [0.2, 0.25) is 0 Å². The first-order valence-electron chi connectivity index (χ1n) is 4.63. The number of nitrogens with one attached hydrogen (secondary N) is 1. The van der Waals surface area contributed by atoms with Gasteiger partial charge in [0.2, 0.25) is 0 Å². The second-order valence-electron chi connectivity index (χ2n) is 3.01. The van der Waals surface area contributed by atoms with E-state index in [4.69, 9.17) is 25.1 Å². The van der Waals surface area contributed by atoms with Crippen molar-refractivity contribution in [1.29, 1.82) is 5.26 Å². The molecule has 0 saturated carbocycles. The minimum absolute atomic E-state index is 0.116. The molecule has 122 valence electrons. The highest BCUT2D eigenvalue weighted by molar-refractivity contribution is 7.99. The quantitative estimate of drug-likeness (QED) is 0.571. The van der Waals surface area contributed by atoms with Crippen LogP contribution in [0.1, 0.15) is 0 Å². The molecule has 0 amide bonds. The molecule has 0 aliphatic carbocycles. The fourth-order valence-corrected chi connectivity index (χ4v) is 1.34. The first-order valence-corrected chi connectivity index (χ1v) is 5.78. The number of alkyl halides is 6. The van der Waals surface area contributed by atoms with Gasteiger partial charge in [-0.15, -0.1) is 11.8 Å². The fourth-order valence-electron chi connectivity index (χ4n) is 0.478. The van der Waals surface area contributed by atoms with E-state index in [1.54, 1.807) is 11.8 Å². The molecule has 0 aromatic heterocycles. The van der Waals surface area contributed by atoms with Gasteiger partial charge in [0, 0.05) is 11.6 Å². The predicted molar refractivity (Wildman–Crippen MR) is 57.2 cm³/mol. The Morgan fingerprint density at radius 3 is 1.52 bits per heavy atom. The molecule has 0 aromatic carbocycles. The molecule has 13 heteroatoms. The van der Waals surface area contributed by atoms with Crippen LogP contribution in [0.3, 0.4) is 0 Å². The van der Waals surface area contributed by atoms with E-state index >= 15 is 0 Å². The Balaban J connectivity index is 0. The largest absolute Gasteiger partial charge is 0.490 e. The number of carbonyl (C=O) groups is 2. The van der Waals surface area contributed by atoms with Gasteiger partial charge in [0.1, 0.15) is 6.04 Å². The average molecular weight is 342 g/mol. The topological polar surface area (TPSA) is 110 Å². The summed E-state index contributed by atoms with van der Waals surface area (Å²) in [5, 5.41) is 25.5. The number of thioether (sulfide) groups is 1. The lowest BCUT2D eigenvalue weighted by Crippen LogP contribution is -2.21. The Morgan fingerprint density at radius 1 is 1.10 bits per heavy atom. The summed E-state index contributed by atoms with van der Waals surface area (Å²) >= 11 is 1.77. The first kappa shape index (κ1) is 21.6. The van der Waals surface area contributed by atoms with Crippen molar-refractivity contribution in [2.24, 2.45) is 0 Å². The number of hydrogen-bond acceptors (Lipinski definition) is 5. The van der Waals surface area contributed by atoms with Gasteiger partial charge in [-0.2, -0.15) is 31.6 Å². The maximum Gasteiger partial charge on any atom is 0.490 e. The van der Waals surface area contributed by atoms with Gasteiger partial charge >= 0.3 is 24.3 Å². The van der Waals surface area contributed by atoms with Crippen LogP contribution >= 0.6 is 11.8 Å². The summed E-state index contributed by atoms with van der Waals surface area (Å²) in [6, 6.07) is 2.25. The molecule has 1 unspecified atom stereocenters. The number of hydrogen-bond donors (Lipinski definition) is 3. The minimum Gasteiger partial charge on any atom is -0.475 e. The smallest absolute Gasteiger partial charge is 0.475 e. The third-order valence-electron chi connectivity index (χ3n) is 1.36. The summed E-state index contributed by atoms with van der Waals surface area (Å²) in [5.74, 6) is -3.62. The lowest BCUT2D eigenvalue weighted by molar-refractivity contribution is -0.193. The Bertz CT molecular complexity index is 362. The molecule has 6 nitrogen and oxygen atoms in total. The van der Waals surface area contributed by atoms with Crippen LogP contribution in [-0.2, 0) is 9.59 Å². The number of aliphatic carboxylic acids is 2. The van der Waals surface area contributed by atoms with Crippen LogP contribution in [0.5, 0.6) is 0 Å². The van der Waals surface area contributed by atoms with Gasteiger partial charge in [0.25, 0.3) is 0 Å². The molecule has 0 bridgehead atoms. The Labute approximate surface area is 117 Å². The average Bonchev–Trinajstić information content (AvgIpc) is 2.80. The Morgan fingerprint density at radius 2 is 1.43 bits per heavy atom. The summed E-state index contributed by atoms with van der Waals surface area (Å²) in [5.41, 5.74) is 0. The predicted octanol–water partition coefficient (Wildman–Crippen LogP) is 1.44. The van der Waals surface area contributed by atoms with Crippen molar-refractivity contribution in [3.63, 3.8) is 0 Å². The zero-order valence-corrected chi connectivity index (χ0v) is 10.6. The lowest BCUT2D eigenvalue weighted by Gasteiger charge is -1.93. The highest BCUT2D eigenvalue weighted by Crippen LogP contribution is 2.13. The number of nitrogens with zero attached hydrogens (tertiary/aromatic N) is 1. The van der Waals surface area contributed by atoms with Crippen LogP contribution in [0.15, 0.2) is 0 Å². The van der Waals surface area contributed by atoms with E-state index in [0.29, 0.717) is 0 Å². The number of halogens is 6. The molecule has 1 aliphatic heterocycles. The van der Waals surface area contributed by atoms with Crippen LogP contribution in [0.4, 0.5) is 26.3 Å². The zero-order valence-electron chi connectivity index (χ0n) is 9.83. The first-order chi connectivity index (χ1) is 9.32. The molecule has 0 aromatic rings. The molecular formula is C8H8F6N2O4S. The monoisotopic (exact) mass is 342 g/mol. The molecule has 1 atom stereocenters. The molecule has 1 aliphatic rings. The third kappa shape index (κ3) is 13.1. The fraction of sp³-hybridized carbons (Fsp3) is 0.625. The van der Waals surface area contributed by atoms with Gasteiger partial charge in [0.05, 0.1) is 6.07 Å². The summed E-state index contributed by atoms with van der Waals surface area (Å²) in [7, 11) is 0. The molecule has 1 heterocycles. The molecular weight excluding hydrogens is 334 g/mol. The number of nitriles is 1. The SMILES string of the molecule is N#CC1CSCN1.O=C(O)C(F)(F)F.O=C(O)C(F)(F)F. The summed E-state index contributed by atoms with van der Waals surface area (Å²) in [6.45, 7) is 0. The second-order valence-corrected chi connectivity index (χ2v) is 4.04. The van der Waals surface area contributed by atoms with E-state index in [0.717, 1.165) is 11.6 Å².